The number of rotatable bonds is 7. The maximum Gasteiger partial charge on any atom is 0.256 e. The van der Waals surface area contributed by atoms with Crippen molar-refractivity contribution in [3.8, 4) is 5.75 Å². The minimum absolute atomic E-state index is 0.205. The fourth-order valence-corrected chi connectivity index (χ4v) is 2.59. The average molecular weight is 362 g/mol. The average Bonchev–Trinajstić information content (AvgIpc) is 2.73. The molecule has 0 bridgehead atoms. The Kier molecular flexibility index (Phi) is 5.99. The van der Waals surface area contributed by atoms with Gasteiger partial charge in [0.25, 0.3) is 5.91 Å². The maximum absolute atomic E-state index is 12.3. The van der Waals surface area contributed by atoms with Gasteiger partial charge in [-0.05, 0) is 60.5 Å². The normalized spacial score (nSPS) is 10.3. The Hall–Kier alpha value is -3.41. The number of ether oxygens (including phenoxy) is 1. The predicted molar refractivity (Wildman–Crippen MR) is 106 cm³/mol. The lowest BCUT2D eigenvalue weighted by molar-refractivity contribution is 0.102. The molecule has 0 spiro atoms. The van der Waals surface area contributed by atoms with Crippen molar-refractivity contribution < 1.29 is 9.53 Å². The molecule has 0 saturated carbocycles. The van der Waals surface area contributed by atoms with Gasteiger partial charge in [0.05, 0.1) is 19.0 Å². The summed E-state index contributed by atoms with van der Waals surface area (Å²) in [6, 6.07) is 14.7. The number of carbonyl (C=O) groups excluding carboxylic acids is 1. The van der Waals surface area contributed by atoms with Gasteiger partial charge >= 0.3 is 0 Å². The van der Waals surface area contributed by atoms with Crippen LogP contribution in [0.2, 0.25) is 0 Å². The summed E-state index contributed by atoms with van der Waals surface area (Å²) in [5.74, 6) is 1.02. The van der Waals surface area contributed by atoms with Crippen LogP contribution in [0.15, 0.2) is 67.1 Å². The van der Waals surface area contributed by atoms with E-state index in [-0.39, 0.29) is 5.91 Å². The standard InChI is InChI=1S/C21H22N4O2/c1-25(14-11-16-9-12-22-13-10-16)18-5-8-20(23-15-18)24-21(26)17-3-6-19(27-2)7-4-17/h3-10,12-13,15H,11,14H2,1-2H3,(H,23,24,26). The fraction of sp³-hybridized carbons (Fsp3) is 0.190. The van der Waals surface area contributed by atoms with E-state index in [4.69, 9.17) is 4.74 Å². The van der Waals surface area contributed by atoms with Crippen LogP contribution in [0.1, 0.15) is 15.9 Å². The van der Waals surface area contributed by atoms with Gasteiger partial charge in [-0.15, -0.1) is 0 Å². The number of carbonyl (C=O) groups is 1. The van der Waals surface area contributed by atoms with Crippen molar-refractivity contribution in [3.05, 3.63) is 78.2 Å². The molecule has 27 heavy (non-hydrogen) atoms. The molecule has 0 atom stereocenters. The van der Waals surface area contributed by atoms with Crippen LogP contribution in [0.5, 0.6) is 5.75 Å². The highest BCUT2D eigenvalue weighted by atomic mass is 16.5. The number of likely N-dealkylation sites (N-methyl/N-ethyl adjacent to an activating group) is 1. The van der Waals surface area contributed by atoms with Gasteiger partial charge in [0.2, 0.25) is 0 Å². The van der Waals surface area contributed by atoms with Gasteiger partial charge in [0.15, 0.2) is 0 Å². The molecule has 3 aromatic rings. The molecule has 2 aromatic heterocycles. The van der Waals surface area contributed by atoms with Crippen LogP contribution < -0.4 is 15.0 Å². The number of pyridine rings is 2. The fourth-order valence-electron chi connectivity index (χ4n) is 2.59. The minimum Gasteiger partial charge on any atom is -0.497 e. The van der Waals surface area contributed by atoms with E-state index in [1.165, 1.54) is 5.56 Å². The van der Waals surface area contributed by atoms with Crippen molar-refractivity contribution >= 4 is 17.4 Å². The third kappa shape index (κ3) is 5.04. The molecule has 0 fully saturated rings. The number of hydrogen-bond acceptors (Lipinski definition) is 5. The Balaban J connectivity index is 1.56. The molecule has 0 aliphatic carbocycles. The van der Waals surface area contributed by atoms with Gasteiger partial charge in [-0.1, -0.05) is 0 Å². The van der Waals surface area contributed by atoms with Crippen molar-refractivity contribution in [1.82, 2.24) is 9.97 Å². The van der Waals surface area contributed by atoms with E-state index in [1.54, 1.807) is 56.0 Å². The number of aromatic nitrogens is 2. The molecule has 1 N–H and O–H groups in total. The number of amides is 1. The van der Waals surface area contributed by atoms with Gasteiger partial charge < -0.3 is 15.0 Å². The zero-order chi connectivity index (χ0) is 19.1. The highest BCUT2D eigenvalue weighted by molar-refractivity contribution is 6.03. The maximum atomic E-state index is 12.3. The van der Waals surface area contributed by atoms with Crippen LogP contribution in [0.3, 0.4) is 0 Å². The first-order valence-electron chi connectivity index (χ1n) is 8.67. The lowest BCUT2D eigenvalue weighted by Gasteiger charge is -2.19. The molecule has 138 valence electrons. The van der Waals surface area contributed by atoms with E-state index in [2.05, 4.69) is 20.2 Å². The third-order valence-corrected chi connectivity index (χ3v) is 4.27. The molecule has 1 aromatic carbocycles. The van der Waals surface area contributed by atoms with Crippen LogP contribution in [-0.4, -0.2) is 36.6 Å². The zero-order valence-electron chi connectivity index (χ0n) is 15.4. The second-order valence-electron chi connectivity index (χ2n) is 6.11. The van der Waals surface area contributed by atoms with Crippen LogP contribution >= 0.6 is 0 Å². The Morgan fingerprint density at radius 3 is 2.44 bits per heavy atom. The van der Waals surface area contributed by atoms with Crippen LogP contribution in [0.4, 0.5) is 11.5 Å². The molecule has 0 radical (unpaired) electrons. The molecule has 1 amide bonds. The number of nitrogens with zero attached hydrogens (tertiary/aromatic N) is 3. The highest BCUT2D eigenvalue weighted by Gasteiger charge is 2.08. The summed E-state index contributed by atoms with van der Waals surface area (Å²) in [7, 11) is 3.61. The quantitative estimate of drug-likeness (QED) is 0.698. The summed E-state index contributed by atoms with van der Waals surface area (Å²) in [6.45, 7) is 0.864. The summed E-state index contributed by atoms with van der Waals surface area (Å²) in [4.78, 5) is 22.8. The summed E-state index contributed by atoms with van der Waals surface area (Å²) in [6.07, 6.45) is 6.29. The van der Waals surface area contributed by atoms with Crippen LogP contribution in [0, 0.1) is 0 Å². The first kappa shape index (κ1) is 18.4. The molecule has 2 heterocycles. The van der Waals surface area contributed by atoms with Gasteiger partial charge in [-0.2, -0.15) is 0 Å². The molecular weight excluding hydrogens is 340 g/mol. The summed E-state index contributed by atoms with van der Waals surface area (Å²) >= 11 is 0. The Morgan fingerprint density at radius 1 is 1.07 bits per heavy atom. The number of benzene rings is 1. The van der Waals surface area contributed by atoms with Crippen LogP contribution in [-0.2, 0) is 6.42 Å². The predicted octanol–water partition coefficient (Wildman–Crippen LogP) is 3.42. The number of nitrogens with one attached hydrogen (secondary N) is 1. The van der Waals surface area contributed by atoms with Crippen LogP contribution in [0.25, 0.3) is 0 Å². The topological polar surface area (TPSA) is 67.3 Å². The lowest BCUT2D eigenvalue weighted by atomic mass is 10.2. The number of methoxy groups -OCH3 is 1. The van der Waals surface area contributed by atoms with Crippen molar-refractivity contribution in [2.75, 3.05) is 30.9 Å². The van der Waals surface area contributed by atoms with E-state index < -0.39 is 0 Å². The Labute approximate surface area is 158 Å². The van der Waals surface area contributed by atoms with Gasteiger partial charge in [0.1, 0.15) is 11.6 Å². The first-order chi connectivity index (χ1) is 13.2. The lowest BCUT2D eigenvalue weighted by Crippen LogP contribution is -2.20. The van der Waals surface area contributed by atoms with E-state index in [0.717, 1.165) is 18.7 Å². The SMILES string of the molecule is COc1ccc(C(=O)Nc2ccc(N(C)CCc3ccncc3)cn2)cc1. The molecule has 3 rings (SSSR count). The Bertz CT molecular complexity index is 865. The van der Waals surface area contributed by atoms with E-state index in [0.29, 0.717) is 17.1 Å². The monoisotopic (exact) mass is 362 g/mol. The summed E-state index contributed by atoms with van der Waals surface area (Å²) < 4.78 is 5.10. The van der Waals surface area contributed by atoms with Gasteiger partial charge in [0, 0.05) is 31.5 Å². The molecular formula is C21H22N4O2. The third-order valence-electron chi connectivity index (χ3n) is 4.27. The minimum atomic E-state index is -0.205. The number of anilines is 2. The Morgan fingerprint density at radius 2 is 1.81 bits per heavy atom. The second kappa shape index (κ2) is 8.80. The summed E-state index contributed by atoms with van der Waals surface area (Å²) in [5, 5.41) is 2.80. The van der Waals surface area contributed by atoms with Crippen molar-refractivity contribution in [3.63, 3.8) is 0 Å². The molecule has 0 aliphatic rings. The largest absolute Gasteiger partial charge is 0.497 e. The van der Waals surface area contributed by atoms with E-state index in [1.807, 2.05) is 25.2 Å². The highest BCUT2D eigenvalue weighted by Crippen LogP contribution is 2.16. The smallest absolute Gasteiger partial charge is 0.256 e. The van der Waals surface area contributed by atoms with E-state index >= 15 is 0 Å². The second-order valence-corrected chi connectivity index (χ2v) is 6.11. The zero-order valence-corrected chi connectivity index (χ0v) is 15.4. The molecule has 6 heteroatoms. The first-order valence-corrected chi connectivity index (χ1v) is 8.67. The molecule has 0 unspecified atom stereocenters. The van der Waals surface area contributed by atoms with Crippen molar-refractivity contribution in [2.45, 2.75) is 6.42 Å². The molecule has 0 aliphatic heterocycles. The molecule has 6 nitrogen and oxygen atoms in total. The van der Waals surface area contributed by atoms with Gasteiger partial charge in [-0.25, -0.2) is 4.98 Å². The molecule has 0 saturated heterocycles. The van der Waals surface area contributed by atoms with Gasteiger partial charge in [-0.3, -0.25) is 9.78 Å². The number of hydrogen-bond donors (Lipinski definition) is 1. The summed E-state index contributed by atoms with van der Waals surface area (Å²) in [5.41, 5.74) is 2.79. The van der Waals surface area contributed by atoms with Crippen molar-refractivity contribution in [2.24, 2.45) is 0 Å². The van der Waals surface area contributed by atoms with Crippen molar-refractivity contribution in [1.29, 1.82) is 0 Å². The van der Waals surface area contributed by atoms with E-state index in [9.17, 15) is 4.79 Å².